The topological polar surface area (TPSA) is 54.5 Å². The summed E-state index contributed by atoms with van der Waals surface area (Å²) >= 11 is 1.73. The van der Waals surface area contributed by atoms with Gasteiger partial charge < -0.3 is 10.1 Å². The van der Waals surface area contributed by atoms with Crippen molar-refractivity contribution < 1.29 is 9.53 Å². The molecule has 0 aromatic carbocycles. The molecule has 6 heteroatoms. The standard InChI is InChI=1S/C16H23N3O2S/c1-10-15(22-9-17-10)8-19-5-4-11-6-13(21-14(11)7-19)16(20)18-12-2-3-12/h9,11-14H,2-8H2,1H3,(H,18,20)/t11-,13+,14-/m0/s1. The van der Waals surface area contributed by atoms with Crippen LogP contribution in [0.25, 0.3) is 0 Å². The van der Waals surface area contributed by atoms with Crippen molar-refractivity contribution in [3.63, 3.8) is 0 Å². The van der Waals surface area contributed by atoms with Gasteiger partial charge in [-0.2, -0.15) is 0 Å². The van der Waals surface area contributed by atoms with Crippen LogP contribution in [-0.2, 0) is 16.1 Å². The first-order valence-electron chi connectivity index (χ1n) is 8.26. The van der Waals surface area contributed by atoms with Crippen molar-refractivity contribution in [1.82, 2.24) is 15.2 Å². The number of likely N-dealkylation sites (tertiary alicyclic amines) is 1. The van der Waals surface area contributed by atoms with Crippen molar-refractivity contribution in [2.24, 2.45) is 5.92 Å². The second-order valence-corrected chi connectivity index (χ2v) is 7.77. The molecule has 0 bridgehead atoms. The Bertz CT molecular complexity index is 557. The molecule has 2 aliphatic heterocycles. The van der Waals surface area contributed by atoms with E-state index in [2.05, 4.69) is 22.1 Å². The molecule has 3 aliphatic rings. The van der Waals surface area contributed by atoms with Crippen LogP contribution in [0.2, 0.25) is 0 Å². The van der Waals surface area contributed by atoms with Gasteiger partial charge in [-0.25, -0.2) is 4.98 Å². The number of carbonyl (C=O) groups excluding carboxylic acids is 1. The fourth-order valence-corrected chi connectivity index (χ4v) is 4.33. The van der Waals surface area contributed by atoms with E-state index in [9.17, 15) is 4.79 Å². The molecule has 4 rings (SSSR count). The Hall–Kier alpha value is -0.980. The lowest BCUT2D eigenvalue weighted by Crippen LogP contribution is -2.42. The Balaban J connectivity index is 1.33. The molecule has 22 heavy (non-hydrogen) atoms. The van der Waals surface area contributed by atoms with Gasteiger partial charge in [-0.1, -0.05) is 0 Å². The molecule has 3 fully saturated rings. The third kappa shape index (κ3) is 3.05. The number of carbonyl (C=O) groups is 1. The van der Waals surface area contributed by atoms with Gasteiger partial charge in [0.15, 0.2) is 0 Å². The Morgan fingerprint density at radius 1 is 1.50 bits per heavy atom. The van der Waals surface area contributed by atoms with Crippen LogP contribution >= 0.6 is 11.3 Å². The Morgan fingerprint density at radius 3 is 3.09 bits per heavy atom. The van der Waals surface area contributed by atoms with Gasteiger partial charge in [0.25, 0.3) is 0 Å². The Morgan fingerprint density at radius 2 is 2.36 bits per heavy atom. The second-order valence-electron chi connectivity index (χ2n) is 6.83. The fourth-order valence-electron chi connectivity index (χ4n) is 3.51. The first kappa shape index (κ1) is 14.6. The zero-order valence-electron chi connectivity index (χ0n) is 13.0. The van der Waals surface area contributed by atoms with E-state index in [1.165, 1.54) is 4.88 Å². The first-order chi connectivity index (χ1) is 10.7. The van der Waals surface area contributed by atoms with E-state index < -0.39 is 0 Å². The maximum Gasteiger partial charge on any atom is 0.249 e. The monoisotopic (exact) mass is 321 g/mol. The summed E-state index contributed by atoms with van der Waals surface area (Å²) in [6.07, 6.45) is 4.30. The summed E-state index contributed by atoms with van der Waals surface area (Å²) in [5.74, 6) is 0.663. The normalized spacial score (nSPS) is 32.0. The van der Waals surface area contributed by atoms with Crippen molar-refractivity contribution in [2.75, 3.05) is 13.1 Å². The van der Waals surface area contributed by atoms with E-state index in [0.29, 0.717) is 12.0 Å². The second kappa shape index (κ2) is 5.91. The van der Waals surface area contributed by atoms with Crippen LogP contribution in [0.3, 0.4) is 0 Å². The summed E-state index contributed by atoms with van der Waals surface area (Å²) in [6.45, 7) is 5.07. The summed E-state index contributed by atoms with van der Waals surface area (Å²) < 4.78 is 6.07. The maximum absolute atomic E-state index is 12.2. The predicted octanol–water partition coefficient (Wildman–Crippen LogP) is 1.71. The van der Waals surface area contributed by atoms with Crippen molar-refractivity contribution in [3.8, 4) is 0 Å². The van der Waals surface area contributed by atoms with Gasteiger partial charge in [0.2, 0.25) is 5.91 Å². The lowest BCUT2D eigenvalue weighted by molar-refractivity contribution is -0.133. The quantitative estimate of drug-likeness (QED) is 0.917. The SMILES string of the molecule is Cc1ncsc1CN1CC[C@H]2C[C@H](C(=O)NC3CC3)O[C@H]2C1. The van der Waals surface area contributed by atoms with E-state index in [0.717, 1.165) is 51.0 Å². The number of ether oxygens (including phenoxy) is 1. The van der Waals surface area contributed by atoms with Crippen molar-refractivity contribution >= 4 is 17.2 Å². The zero-order valence-corrected chi connectivity index (χ0v) is 13.8. The minimum absolute atomic E-state index is 0.113. The highest BCUT2D eigenvalue weighted by Crippen LogP contribution is 2.34. The summed E-state index contributed by atoms with van der Waals surface area (Å²) in [4.78, 5) is 20.3. The molecule has 1 aromatic rings. The summed E-state index contributed by atoms with van der Waals surface area (Å²) in [7, 11) is 0. The van der Waals surface area contributed by atoms with Gasteiger partial charge in [0.05, 0.1) is 17.3 Å². The van der Waals surface area contributed by atoms with Gasteiger partial charge in [0, 0.05) is 24.0 Å². The van der Waals surface area contributed by atoms with Gasteiger partial charge in [-0.15, -0.1) is 11.3 Å². The summed E-state index contributed by atoms with van der Waals surface area (Å²) in [5.41, 5.74) is 3.06. The van der Waals surface area contributed by atoms with Gasteiger partial charge >= 0.3 is 0 Å². The van der Waals surface area contributed by atoms with Crippen molar-refractivity contribution in [1.29, 1.82) is 0 Å². The van der Waals surface area contributed by atoms with Crippen LogP contribution in [0.4, 0.5) is 0 Å². The number of amides is 1. The highest BCUT2D eigenvalue weighted by molar-refractivity contribution is 7.09. The van der Waals surface area contributed by atoms with Crippen LogP contribution in [0.15, 0.2) is 5.51 Å². The van der Waals surface area contributed by atoms with Gasteiger partial charge in [0.1, 0.15) is 6.10 Å². The average Bonchev–Trinajstić information content (AvgIpc) is 3.07. The molecular weight excluding hydrogens is 298 g/mol. The van der Waals surface area contributed by atoms with Gasteiger partial charge in [-0.3, -0.25) is 9.69 Å². The molecule has 2 saturated heterocycles. The molecule has 1 amide bonds. The van der Waals surface area contributed by atoms with E-state index in [4.69, 9.17) is 4.74 Å². The molecule has 1 aliphatic carbocycles. The number of hydrogen-bond acceptors (Lipinski definition) is 5. The summed E-state index contributed by atoms with van der Waals surface area (Å²) in [5, 5.41) is 3.08. The number of rotatable bonds is 4. The number of nitrogens with one attached hydrogen (secondary N) is 1. The van der Waals surface area contributed by atoms with Crippen LogP contribution in [0, 0.1) is 12.8 Å². The lowest BCUT2D eigenvalue weighted by Gasteiger charge is -2.33. The highest BCUT2D eigenvalue weighted by atomic mass is 32.1. The fraction of sp³-hybridized carbons (Fsp3) is 0.750. The third-order valence-electron chi connectivity index (χ3n) is 5.06. The van der Waals surface area contributed by atoms with E-state index in [1.807, 2.05) is 5.51 Å². The first-order valence-corrected chi connectivity index (χ1v) is 9.14. The number of aryl methyl sites for hydroxylation is 1. The van der Waals surface area contributed by atoms with Crippen molar-refractivity contribution in [2.45, 2.75) is 57.4 Å². The predicted molar refractivity (Wildman–Crippen MR) is 84.7 cm³/mol. The molecule has 1 saturated carbocycles. The smallest absolute Gasteiger partial charge is 0.249 e. The Kier molecular flexibility index (Phi) is 3.92. The van der Waals surface area contributed by atoms with Gasteiger partial charge in [-0.05, 0) is 45.1 Å². The summed E-state index contributed by atoms with van der Waals surface area (Å²) in [6, 6.07) is 0.421. The number of aromatic nitrogens is 1. The highest BCUT2D eigenvalue weighted by Gasteiger charge is 2.42. The van der Waals surface area contributed by atoms with Crippen LogP contribution in [-0.4, -0.2) is 47.1 Å². The molecule has 3 heterocycles. The minimum Gasteiger partial charge on any atom is -0.364 e. The number of nitrogens with zero attached hydrogens (tertiary/aromatic N) is 2. The average molecular weight is 321 g/mol. The molecule has 0 unspecified atom stereocenters. The molecule has 3 atom stereocenters. The molecule has 1 N–H and O–H groups in total. The van der Waals surface area contributed by atoms with E-state index in [-0.39, 0.29) is 18.1 Å². The molecule has 120 valence electrons. The molecule has 0 spiro atoms. The van der Waals surface area contributed by atoms with Crippen LogP contribution in [0.5, 0.6) is 0 Å². The number of thiazole rings is 1. The van der Waals surface area contributed by atoms with Crippen LogP contribution < -0.4 is 5.32 Å². The lowest BCUT2D eigenvalue weighted by atomic mass is 9.91. The number of hydrogen-bond donors (Lipinski definition) is 1. The molecule has 0 radical (unpaired) electrons. The van der Waals surface area contributed by atoms with Crippen LogP contribution in [0.1, 0.15) is 36.3 Å². The molecular formula is C16H23N3O2S. The maximum atomic E-state index is 12.2. The number of piperidine rings is 1. The number of fused-ring (bicyclic) bond motifs is 1. The van der Waals surface area contributed by atoms with E-state index in [1.54, 1.807) is 11.3 Å². The largest absolute Gasteiger partial charge is 0.364 e. The third-order valence-corrected chi connectivity index (χ3v) is 5.98. The van der Waals surface area contributed by atoms with E-state index >= 15 is 0 Å². The minimum atomic E-state index is -0.222. The molecule has 5 nitrogen and oxygen atoms in total. The zero-order chi connectivity index (χ0) is 15.1. The molecule has 1 aromatic heterocycles. The Labute approximate surface area is 135 Å². The van der Waals surface area contributed by atoms with Crippen molar-refractivity contribution in [3.05, 3.63) is 16.1 Å².